The molecule has 1 aliphatic carbocycles. The van der Waals surface area contributed by atoms with Gasteiger partial charge in [0.05, 0.1) is 28.7 Å². The number of aliphatic hydroxyl groups excluding tert-OH is 1. The van der Waals surface area contributed by atoms with Crippen molar-refractivity contribution >= 4 is 15.8 Å². The first-order valence-corrected chi connectivity index (χ1v) is 14.6. The summed E-state index contributed by atoms with van der Waals surface area (Å²) in [5, 5.41) is 23.3. The van der Waals surface area contributed by atoms with Crippen molar-refractivity contribution in [1.82, 2.24) is 5.32 Å². The minimum Gasteiger partial charge on any atom is -0.490 e. The largest absolute Gasteiger partial charge is 0.490 e. The lowest BCUT2D eigenvalue weighted by Crippen LogP contribution is -2.50. The molecule has 0 amide bonds. The van der Waals surface area contributed by atoms with Crippen LogP contribution in [0.2, 0.25) is 0 Å². The lowest BCUT2D eigenvalue weighted by Gasteiger charge is -2.35. The van der Waals surface area contributed by atoms with Gasteiger partial charge in [-0.25, -0.2) is 8.42 Å². The van der Waals surface area contributed by atoms with E-state index in [0.29, 0.717) is 24.2 Å². The first-order chi connectivity index (χ1) is 17.2. The van der Waals surface area contributed by atoms with E-state index in [9.17, 15) is 23.4 Å². The number of fused-ring (bicyclic) bond motifs is 1. The minimum absolute atomic E-state index is 0.000478. The zero-order chi connectivity index (χ0) is 25.9. The van der Waals surface area contributed by atoms with Gasteiger partial charge in [0, 0.05) is 12.0 Å². The third-order valence-corrected chi connectivity index (χ3v) is 9.61. The van der Waals surface area contributed by atoms with Crippen LogP contribution in [-0.4, -0.2) is 48.1 Å². The maximum Gasteiger partial charge on any atom is 0.306 e. The molecule has 2 aromatic rings. The molecule has 0 bridgehead atoms. The molecule has 0 saturated heterocycles. The van der Waals surface area contributed by atoms with Gasteiger partial charge in [-0.3, -0.25) is 10.1 Å². The summed E-state index contributed by atoms with van der Waals surface area (Å²) in [6.45, 7) is 4.15. The number of unbranched alkanes of at least 4 members (excludes halogenated alkanes) is 1. The van der Waals surface area contributed by atoms with Crippen LogP contribution in [0.3, 0.4) is 0 Å². The molecule has 7 nitrogen and oxygen atoms in total. The zero-order valence-corrected chi connectivity index (χ0v) is 21.8. The Kier molecular flexibility index (Phi) is 8.07. The van der Waals surface area contributed by atoms with Crippen molar-refractivity contribution in [2.45, 2.75) is 87.5 Å². The molecule has 5 unspecified atom stereocenters. The van der Waals surface area contributed by atoms with Crippen molar-refractivity contribution in [3.63, 3.8) is 0 Å². The number of aliphatic hydroxyl groups is 1. The first-order valence-electron chi connectivity index (χ1n) is 12.9. The summed E-state index contributed by atoms with van der Waals surface area (Å²) in [7, 11) is -3.65. The molecule has 0 radical (unpaired) electrons. The smallest absolute Gasteiger partial charge is 0.306 e. The van der Waals surface area contributed by atoms with Crippen molar-refractivity contribution in [3.8, 4) is 5.75 Å². The normalized spacial score (nSPS) is 29.6. The van der Waals surface area contributed by atoms with Crippen molar-refractivity contribution in [3.05, 3.63) is 59.7 Å². The van der Waals surface area contributed by atoms with Gasteiger partial charge < -0.3 is 14.9 Å². The highest BCUT2D eigenvalue weighted by atomic mass is 32.2. The van der Waals surface area contributed by atoms with Gasteiger partial charge >= 0.3 is 5.97 Å². The van der Waals surface area contributed by atoms with Crippen LogP contribution in [0, 0.1) is 5.92 Å². The summed E-state index contributed by atoms with van der Waals surface area (Å²) in [6.07, 6.45) is 2.90. The van der Waals surface area contributed by atoms with E-state index in [4.69, 9.17) is 4.74 Å². The van der Waals surface area contributed by atoms with Gasteiger partial charge in [0.2, 0.25) is 0 Å². The van der Waals surface area contributed by atoms with E-state index in [1.165, 1.54) is 0 Å². The van der Waals surface area contributed by atoms with Crippen molar-refractivity contribution < 1.29 is 28.2 Å². The van der Waals surface area contributed by atoms with Gasteiger partial charge in [-0.05, 0) is 48.9 Å². The average Bonchev–Trinajstić information content (AvgIpc) is 2.95. The zero-order valence-electron chi connectivity index (χ0n) is 21.0. The number of hydrogen-bond acceptors (Lipinski definition) is 6. The second-order valence-corrected chi connectivity index (χ2v) is 12.3. The van der Waals surface area contributed by atoms with Crippen LogP contribution in [-0.2, 0) is 14.6 Å². The average molecular weight is 516 g/mol. The Morgan fingerprint density at radius 2 is 1.86 bits per heavy atom. The lowest BCUT2D eigenvalue weighted by atomic mass is 9.85. The molecule has 3 N–H and O–H groups in total. The Labute approximate surface area is 213 Å². The minimum atomic E-state index is -3.65. The van der Waals surface area contributed by atoms with Crippen LogP contribution in [0.25, 0.3) is 0 Å². The topological polar surface area (TPSA) is 113 Å². The maximum atomic E-state index is 13.8. The van der Waals surface area contributed by atoms with E-state index < -0.39 is 39.5 Å². The lowest BCUT2D eigenvalue weighted by molar-refractivity contribution is -0.145. The van der Waals surface area contributed by atoms with Crippen LogP contribution in [0.1, 0.15) is 76.0 Å². The fourth-order valence-corrected chi connectivity index (χ4v) is 7.80. The maximum absolute atomic E-state index is 13.8. The summed E-state index contributed by atoms with van der Waals surface area (Å²) in [5.41, 5.74) is 1.13. The third-order valence-electron chi connectivity index (χ3n) is 7.66. The van der Waals surface area contributed by atoms with Crippen molar-refractivity contribution in [2.75, 3.05) is 5.75 Å². The van der Waals surface area contributed by atoms with E-state index in [1.807, 2.05) is 43.3 Å². The summed E-state index contributed by atoms with van der Waals surface area (Å²) < 4.78 is 33.7. The Morgan fingerprint density at radius 1 is 1.11 bits per heavy atom. The molecule has 0 spiro atoms. The molecular weight excluding hydrogens is 478 g/mol. The molecule has 5 atom stereocenters. The fraction of sp³-hybridized carbons (Fsp3) is 0.536. The predicted octanol–water partition coefficient (Wildman–Crippen LogP) is 4.48. The molecule has 0 aromatic heterocycles. The number of rotatable bonds is 8. The van der Waals surface area contributed by atoms with E-state index in [1.54, 1.807) is 12.1 Å². The molecule has 1 saturated carbocycles. The highest BCUT2D eigenvalue weighted by Crippen LogP contribution is 2.40. The van der Waals surface area contributed by atoms with Crippen LogP contribution in [0.15, 0.2) is 53.4 Å². The Morgan fingerprint density at radius 3 is 2.53 bits per heavy atom. The van der Waals surface area contributed by atoms with E-state index in [0.717, 1.165) is 24.8 Å². The standard InChI is InChI=1S/C28H37NO6S/c1-3-5-13-28(4-2)18-36(33,34)25-17-22(35-23-15-20(27(31)32)14-21(30)16-23)11-12-24(25)26(29-28)19-9-7-6-8-10-19/h6-12,17,20-21,23,26,29-30H,3-5,13-16,18H2,1-2H3,(H,31,32). The summed E-state index contributed by atoms with van der Waals surface area (Å²) >= 11 is 0. The number of ether oxygens (including phenoxy) is 1. The number of carboxylic acid groups (broad SMARTS) is 1. The number of benzene rings is 2. The summed E-state index contributed by atoms with van der Waals surface area (Å²) in [4.78, 5) is 11.7. The van der Waals surface area contributed by atoms with E-state index in [-0.39, 0.29) is 29.5 Å². The third kappa shape index (κ3) is 5.76. The Bertz CT molecular complexity index is 1170. The number of nitrogens with one attached hydrogen (secondary N) is 1. The molecule has 2 aliphatic rings. The summed E-state index contributed by atoms with van der Waals surface area (Å²) in [6, 6.07) is 14.8. The van der Waals surface area contributed by atoms with Gasteiger partial charge in [-0.2, -0.15) is 0 Å². The Balaban J connectivity index is 1.73. The Hall–Kier alpha value is -2.42. The highest BCUT2D eigenvalue weighted by Gasteiger charge is 2.42. The number of aliphatic carboxylic acids is 1. The fourth-order valence-electron chi connectivity index (χ4n) is 5.64. The second kappa shape index (κ2) is 10.9. The molecule has 36 heavy (non-hydrogen) atoms. The first kappa shape index (κ1) is 26.6. The van der Waals surface area contributed by atoms with Crippen LogP contribution >= 0.6 is 0 Å². The highest BCUT2D eigenvalue weighted by molar-refractivity contribution is 7.91. The number of carboxylic acids is 1. The molecule has 8 heteroatoms. The molecular formula is C28H37NO6S. The van der Waals surface area contributed by atoms with Crippen LogP contribution < -0.4 is 10.1 Å². The van der Waals surface area contributed by atoms with E-state index >= 15 is 0 Å². The quantitative estimate of drug-likeness (QED) is 0.475. The van der Waals surface area contributed by atoms with Gasteiger partial charge in [0.15, 0.2) is 9.84 Å². The number of hydrogen-bond donors (Lipinski definition) is 3. The second-order valence-electron chi connectivity index (χ2n) is 10.3. The van der Waals surface area contributed by atoms with Gasteiger partial charge in [0.25, 0.3) is 0 Å². The molecule has 2 aromatic carbocycles. The summed E-state index contributed by atoms with van der Waals surface area (Å²) in [5.74, 6) is -1.25. The van der Waals surface area contributed by atoms with Gasteiger partial charge in [-0.15, -0.1) is 0 Å². The molecule has 1 aliphatic heterocycles. The van der Waals surface area contributed by atoms with E-state index in [2.05, 4.69) is 12.2 Å². The SMILES string of the molecule is CCCCC1(CC)CS(=O)(=O)c2cc(OC3CC(O)CC(C(=O)O)C3)ccc2C(c2ccccc2)N1. The molecule has 196 valence electrons. The van der Waals surface area contributed by atoms with Crippen LogP contribution in [0.4, 0.5) is 0 Å². The predicted molar refractivity (Wildman–Crippen MR) is 138 cm³/mol. The van der Waals surface area contributed by atoms with Gasteiger partial charge in [-0.1, -0.05) is 63.1 Å². The number of sulfone groups is 1. The van der Waals surface area contributed by atoms with Crippen molar-refractivity contribution in [1.29, 1.82) is 0 Å². The van der Waals surface area contributed by atoms with Crippen LogP contribution in [0.5, 0.6) is 5.75 Å². The van der Waals surface area contributed by atoms with Gasteiger partial charge in [0.1, 0.15) is 11.9 Å². The number of carbonyl (C=O) groups is 1. The monoisotopic (exact) mass is 515 g/mol. The molecule has 4 rings (SSSR count). The van der Waals surface area contributed by atoms with Crippen molar-refractivity contribution in [2.24, 2.45) is 5.92 Å². The molecule has 1 heterocycles. The molecule has 1 fully saturated rings.